The topological polar surface area (TPSA) is 83.5 Å². The van der Waals surface area contributed by atoms with E-state index in [4.69, 9.17) is 23.7 Å². The molecular formula is C31H42O7. The molecule has 1 aliphatic heterocycles. The lowest BCUT2D eigenvalue weighted by Gasteiger charge is -2.38. The number of aliphatic hydroxyl groups is 1. The average Bonchev–Trinajstić information content (AvgIpc) is 2.90. The first-order valence-electron chi connectivity index (χ1n) is 13.1. The third-order valence-corrected chi connectivity index (χ3v) is 7.43. The Labute approximate surface area is 226 Å². The molecular weight excluding hydrogens is 484 g/mol. The molecule has 7 heteroatoms. The molecule has 0 aromatic heterocycles. The van der Waals surface area contributed by atoms with Gasteiger partial charge < -0.3 is 28.8 Å². The van der Waals surface area contributed by atoms with Crippen LogP contribution in [0.5, 0.6) is 23.0 Å². The van der Waals surface area contributed by atoms with E-state index in [0.29, 0.717) is 30.3 Å². The number of methoxy groups -OCH3 is 1. The summed E-state index contributed by atoms with van der Waals surface area (Å²) in [5.74, 6) is 2.34. The molecule has 208 valence electrons. The zero-order chi connectivity index (χ0) is 28.3. The Morgan fingerprint density at radius 3 is 2.53 bits per heavy atom. The molecule has 2 aromatic carbocycles. The van der Waals surface area contributed by atoms with Crippen molar-refractivity contribution in [3.8, 4) is 23.0 Å². The monoisotopic (exact) mass is 526 g/mol. The molecule has 0 saturated carbocycles. The van der Waals surface area contributed by atoms with Crippen molar-refractivity contribution in [1.82, 2.24) is 0 Å². The van der Waals surface area contributed by atoms with E-state index in [0.717, 1.165) is 41.0 Å². The SMILES string of the molecule is C=CCOc1c(C)c(C)c2c(c1C)CCC(C)(COc1ccc(C(O)C(C)(C)C(=O)OCC)cc1OC)O2. The summed E-state index contributed by atoms with van der Waals surface area (Å²) in [4.78, 5) is 12.4. The van der Waals surface area contributed by atoms with E-state index in [1.807, 2.05) is 0 Å². The van der Waals surface area contributed by atoms with Gasteiger partial charge in [-0.3, -0.25) is 4.79 Å². The summed E-state index contributed by atoms with van der Waals surface area (Å²) in [5.41, 5.74) is 3.28. The van der Waals surface area contributed by atoms with E-state index < -0.39 is 23.1 Å². The number of hydrogen-bond acceptors (Lipinski definition) is 7. The van der Waals surface area contributed by atoms with Crippen molar-refractivity contribution in [3.63, 3.8) is 0 Å². The van der Waals surface area contributed by atoms with Crippen molar-refractivity contribution >= 4 is 5.97 Å². The van der Waals surface area contributed by atoms with Crippen LogP contribution < -0.4 is 18.9 Å². The highest BCUT2D eigenvalue weighted by atomic mass is 16.6. The van der Waals surface area contributed by atoms with Gasteiger partial charge in [-0.05, 0) is 95.7 Å². The second-order valence-electron chi connectivity index (χ2n) is 10.7. The predicted molar refractivity (Wildman–Crippen MR) is 148 cm³/mol. The average molecular weight is 527 g/mol. The molecule has 0 saturated heterocycles. The summed E-state index contributed by atoms with van der Waals surface area (Å²) < 4.78 is 29.5. The van der Waals surface area contributed by atoms with Crippen LogP contribution in [0, 0.1) is 26.2 Å². The Balaban J connectivity index is 1.79. The van der Waals surface area contributed by atoms with Gasteiger partial charge in [0, 0.05) is 5.56 Å². The Bertz CT molecular complexity index is 1180. The maximum atomic E-state index is 12.4. The molecule has 0 fully saturated rings. The molecule has 0 spiro atoms. The summed E-state index contributed by atoms with van der Waals surface area (Å²) >= 11 is 0. The molecule has 2 atom stereocenters. The number of fused-ring (bicyclic) bond motifs is 1. The second-order valence-corrected chi connectivity index (χ2v) is 10.7. The predicted octanol–water partition coefficient (Wildman–Crippen LogP) is 5.97. The van der Waals surface area contributed by atoms with Crippen LogP contribution >= 0.6 is 0 Å². The zero-order valence-corrected chi connectivity index (χ0v) is 24.0. The third kappa shape index (κ3) is 5.78. The van der Waals surface area contributed by atoms with Crippen LogP contribution in [-0.4, -0.2) is 43.6 Å². The number of esters is 1. The van der Waals surface area contributed by atoms with E-state index in [2.05, 4.69) is 34.3 Å². The first kappa shape index (κ1) is 29.4. The van der Waals surface area contributed by atoms with Crippen LogP contribution in [0.2, 0.25) is 0 Å². The first-order valence-corrected chi connectivity index (χ1v) is 13.1. The first-order chi connectivity index (χ1) is 17.9. The van der Waals surface area contributed by atoms with E-state index >= 15 is 0 Å². The summed E-state index contributed by atoms with van der Waals surface area (Å²) in [6.07, 6.45) is 2.30. The lowest BCUT2D eigenvalue weighted by molar-refractivity contribution is -0.160. The Morgan fingerprint density at radius 1 is 1.18 bits per heavy atom. The normalized spacial score (nSPS) is 17.6. The molecule has 1 aliphatic rings. The van der Waals surface area contributed by atoms with E-state index in [1.165, 1.54) is 5.56 Å². The maximum Gasteiger partial charge on any atom is 0.314 e. The van der Waals surface area contributed by atoms with Gasteiger partial charge in [-0.15, -0.1) is 0 Å². The minimum atomic E-state index is -1.12. The van der Waals surface area contributed by atoms with E-state index in [9.17, 15) is 9.90 Å². The van der Waals surface area contributed by atoms with Crippen molar-refractivity contribution in [2.75, 3.05) is 26.9 Å². The minimum absolute atomic E-state index is 0.249. The lowest BCUT2D eigenvalue weighted by atomic mass is 9.82. The highest BCUT2D eigenvalue weighted by Gasteiger charge is 2.39. The van der Waals surface area contributed by atoms with Gasteiger partial charge in [0.25, 0.3) is 0 Å². The lowest BCUT2D eigenvalue weighted by Crippen LogP contribution is -2.42. The molecule has 0 amide bonds. The van der Waals surface area contributed by atoms with Crippen molar-refractivity contribution in [1.29, 1.82) is 0 Å². The van der Waals surface area contributed by atoms with Crippen molar-refractivity contribution < 1.29 is 33.6 Å². The molecule has 0 radical (unpaired) electrons. The smallest absolute Gasteiger partial charge is 0.314 e. The summed E-state index contributed by atoms with van der Waals surface area (Å²) in [6.45, 7) is 18.1. The number of carbonyl (C=O) groups excluding carboxylic acids is 1. The van der Waals surface area contributed by atoms with Crippen molar-refractivity contribution in [2.24, 2.45) is 5.41 Å². The van der Waals surface area contributed by atoms with Gasteiger partial charge in [0.1, 0.15) is 30.3 Å². The highest BCUT2D eigenvalue weighted by molar-refractivity contribution is 5.77. The largest absolute Gasteiger partial charge is 0.493 e. The van der Waals surface area contributed by atoms with Crippen LogP contribution in [0.1, 0.15) is 68.0 Å². The fourth-order valence-electron chi connectivity index (χ4n) is 4.79. The van der Waals surface area contributed by atoms with Gasteiger partial charge in [0.05, 0.1) is 25.2 Å². The second kappa shape index (κ2) is 11.7. The van der Waals surface area contributed by atoms with Gasteiger partial charge in [0.15, 0.2) is 11.5 Å². The zero-order valence-electron chi connectivity index (χ0n) is 24.0. The summed E-state index contributed by atoms with van der Waals surface area (Å²) in [6, 6.07) is 5.19. The molecule has 1 heterocycles. The van der Waals surface area contributed by atoms with Crippen LogP contribution in [0.25, 0.3) is 0 Å². The number of benzene rings is 2. The highest BCUT2D eigenvalue weighted by Crippen LogP contribution is 2.44. The maximum absolute atomic E-state index is 12.4. The number of ether oxygens (including phenoxy) is 5. The fraction of sp³-hybridized carbons (Fsp3) is 0.516. The molecule has 2 unspecified atom stereocenters. The third-order valence-electron chi connectivity index (χ3n) is 7.43. The fourth-order valence-corrected chi connectivity index (χ4v) is 4.79. The van der Waals surface area contributed by atoms with E-state index in [1.54, 1.807) is 52.2 Å². The Kier molecular flexibility index (Phi) is 9.03. The molecule has 0 bridgehead atoms. The molecule has 38 heavy (non-hydrogen) atoms. The van der Waals surface area contributed by atoms with Gasteiger partial charge in [0.2, 0.25) is 0 Å². The molecule has 2 aromatic rings. The molecule has 1 N–H and O–H groups in total. The summed E-state index contributed by atoms with van der Waals surface area (Å²) in [5, 5.41) is 10.9. The Morgan fingerprint density at radius 2 is 1.89 bits per heavy atom. The van der Waals surface area contributed by atoms with Crippen LogP contribution in [-0.2, 0) is 16.0 Å². The van der Waals surface area contributed by atoms with Gasteiger partial charge >= 0.3 is 5.97 Å². The van der Waals surface area contributed by atoms with Crippen LogP contribution in [0.15, 0.2) is 30.9 Å². The Hall–Kier alpha value is -3.19. The van der Waals surface area contributed by atoms with E-state index in [-0.39, 0.29) is 6.61 Å². The molecule has 0 aliphatic carbocycles. The summed E-state index contributed by atoms with van der Waals surface area (Å²) in [7, 11) is 1.55. The van der Waals surface area contributed by atoms with Gasteiger partial charge in [-0.2, -0.15) is 0 Å². The molecule has 3 rings (SSSR count). The minimum Gasteiger partial charge on any atom is -0.493 e. The number of aliphatic hydroxyl groups excluding tert-OH is 1. The number of hydrogen-bond donors (Lipinski definition) is 1. The van der Waals surface area contributed by atoms with Crippen molar-refractivity contribution in [3.05, 3.63) is 58.7 Å². The van der Waals surface area contributed by atoms with Crippen LogP contribution in [0.3, 0.4) is 0 Å². The van der Waals surface area contributed by atoms with Gasteiger partial charge in [-0.25, -0.2) is 0 Å². The quantitative estimate of drug-likeness (QED) is 0.285. The number of carbonyl (C=O) groups is 1. The molecule has 7 nitrogen and oxygen atoms in total. The van der Waals surface area contributed by atoms with Crippen LogP contribution in [0.4, 0.5) is 0 Å². The standard InChI is InChI=1S/C31H42O7/c1-10-16-36-26-19(3)20(4)27-23(21(26)5)14-15-31(8,38-27)18-37-24-13-12-22(17-25(24)34-9)28(32)30(6,7)29(33)35-11-2/h10,12-13,17,28,32H,1,11,14-16,18H2,2-9H3. The van der Waals surface area contributed by atoms with Gasteiger partial charge in [-0.1, -0.05) is 18.7 Å². The number of rotatable bonds is 11. The van der Waals surface area contributed by atoms with Crippen molar-refractivity contribution in [2.45, 2.75) is 73.0 Å².